The van der Waals surface area contributed by atoms with Gasteiger partial charge in [-0.15, -0.1) is 11.6 Å². The Morgan fingerprint density at radius 3 is 2.21 bits per heavy atom. The van der Waals surface area contributed by atoms with Crippen molar-refractivity contribution in [3.8, 4) is 0 Å². The minimum atomic E-state index is -0.978. The molecule has 2 aromatic rings. The van der Waals surface area contributed by atoms with E-state index in [4.69, 9.17) is 23.2 Å². The van der Waals surface area contributed by atoms with Crippen LogP contribution in [0.4, 0.5) is 0 Å². The highest BCUT2D eigenvalue weighted by Crippen LogP contribution is 2.32. The molecule has 100 valence electrons. The molecule has 0 heterocycles. The third kappa shape index (κ3) is 3.50. The van der Waals surface area contributed by atoms with Crippen molar-refractivity contribution in [1.82, 2.24) is 0 Å². The fraction of sp³-hybridized carbons (Fsp3) is 0.250. The lowest BCUT2D eigenvalue weighted by Crippen LogP contribution is -2.29. The van der Waals surface area contributed by atoms with Crippen LogP contribution in [-0.4, -0.2) is 11.0 Å². The van der Waals surface area contributed by atoms with Gasteiger partial charge in [-0.2, -0.15) is 0 Å². The molecule has 0 amide bonds. The van der Waals surface area contributed by atoms with Crippen LogP contribution < -0.4 is 0 Å². The average molecular weight is 295 g/mol. The summed E-state index contributed by atoms with van der Waals surface area (Å²) in [5, 5.41) is 11.6. The van der Waals surface area contributed by atoms with Crippen molar-refractivity contribution in [2.45, 2.75) is 18.4 Å². The van der Waals surface area contributed by atoms with Gasteiger partial charge in [0, 0.05) is 17.3 Å². The van der Waals surface area contributed by atoms with Gasteiger partial charge in [0.15, 0.2) is 0 Å². The Bertz CT molecular complexity index is 527. The minimum Gasteiger partial charge on any atom is -0.385 e. The topological polar surface area (TPSA) is 20.2 Å². The third-order valence-corrected chi connectivity index (χ3v) is 3.82. The van der Waals surface area contributed by atoms with Gasteiger partial charge in [0.1, 0.15) is 0 Å². The summed E-state index contributed by atoms with van der Waals surface area (Å²) in [7, 11) is 0. The number of alkyl halides is 1. The third-order valence-electron chi connectivity index (χ3n) is 3.26. The molecule has 0 aliphatic carbocycles. The summed E-state index contributed by atoms with van der Waals surface area (Å²) in [4.78, 5) is 0. The summed E-state index contributed by atoms with van der Waals surface area (Å²) in [6.07, 6.45) is 0.952. The molecule has 0 saturated carbocycles. The SMILES string of the molecule is OC(CCCl)(Cc1ccccc1Cl)c1ccccc1. The zero-order valence-electron chi connectivity index (χ0n) is 10.5. The van der Waals surface area contributed by atoms with E-state index in [-0.39, 0.29) is 0 Å². The Labute approximate surface area is 123 Å². The Balaban J connectivity index is 2.33. The van der Waals surface area contributed by atoms with Crippen LogP contribution in [0, 0.1) is 0 Å². The van der Waals surface area contributed by atoms with E-state index in [9.17, 15) is 5.11 Å². The second-order valence-corrected chi connectivity index (χ2v) is 5.39. The first-order valence-corrected chi connectivity index (χ1v) is 7.14. The molecule has 0 radical (unpaired) electrons. The molecule has 1 atom stereocenters. The van der Waals surface area contributed by atoms with Gasteiger partial charge in [-0.1, -0.05) is 60.1 Å². The first-order chi connectivity index (χ1) is 9.15. The molecule has 0 spiro atoms. The summed E-state index contributed by atoms with van der Waals surface area (Å²) in [6.45, 7) is 0. The van der Waals surface area contributed by atoms with Gasteiger partial charge >= 0.3 is 0 Å². The molecule has 1 nitrogen and oxygen atoms in total. The molecule has 1 N–H and O–H groups in total. The van der Waals surface area contributed by atoms with E-state index in [2.05, 4.69) is 0 Å². The van der Waals surface area contributed by atoms with Crippen LogP contribution in [0.15, 0.2) is 54.6 Å². The van der Waals surface area contributed by atoms with Crippen molar-refractivity contribution in [2.24, 2.45) is 0 Å². The van der Waals surface area contributed by atoms with Gasteiger partial charge in [-0.05, 0) is 23.6 Å². The Morgan fingerprint density at radius 1 is 0.947 bits per heavy atom. The van der Waals surface area contributed by atoms with E-state index in [1.165, 1.54) is 0 Å². The van der Waals surface area contributed by atoms with Crippen molar-refractivity contribution in [1.29, 1.82) is 0 Å². The van der Waals surface area contributed by atoms with Crippen LogP contribution in [0.25, 0.3) is 0 Å². The molecule has 2 aromatic carbocycles. The summed E-state index contributed by atoms with van der Waals surface area (Å²) in [6, 6.07) is 17.2. The van der Waals surface area contributed by atoms with E-state index in [0.29, 0.717) is 23.7 Å². The largest absolute Gasteiger partial charge is 0.385 e. The molecule has 0 aromatic heterocycles. The van der Waals surface area contributed by atoms with E-state index in [0.717, 1.165) is 11.1 Å². The quantitative estimate of drug-likeness (QED) is 0.811. The number of hydrogen-bond donors (Lipinski definition) is 1. The second kappa shape index (κ2) is 6.42. The molecule has 0 saturated heterocycles. The standard InChI is InChI=1S/C16H16Cl2O/c17-11-10-16(19,14-7-2-1-3-8-14)12-13-6-4-5-9-15(13)18/h1-9,19H,10-12H2. The van der Waals surface area contributed by atoms with Gasteiger partial charge in [0.05, 0.1) is 5.60 Å². The molecular formula is C16H16Cl2O. The van der Waals surface area contributed by atoms with Crippen LogP contribution in [0.5, 0.6) is 0 Å². The smallest absolute Gasteiger partial charge is 0.0948 e. The van der Waals surface area contributed by atoms with E-state index in [1.54, 1.807) is 0 Å². The van der Waals surface area contributed by atoms with Crippen LogP contribution in [-0.2, 0) is 12.0 Å². The Morgan fingerprint density at radius 2 is 1.58 bits per heavy atom. The van der Waals surface area contributed by atoms with Gasteiger partial charge in [-0.3, -0.25) is 0 Å². The second-order valence-electron chi connectivity index (χ2n) is 4.60. The molecule has 0 fully saturated rings. The van der Waals surface area contributed by atoms with Crippen LogP contribution in [0.1, 0.15) is 17.5 Å². The monoisotopic (exact) mass is 294 g/mol. The predicted molar refractivity (Wildman–Crippen MR) is 80.8 cm³/mol. The summed E-state index contributed by atoms with van der Waals surface area (Å²) >= 11 is 12.0. The molecule has 1 unspecified atom stereocenters. The van der Waals surface area contributed by atoms with Gasteiger partial charge < -0.3 is 5.11 Å². The number of aliphatic hydroxyl groups is 1. The average Bonchev–Trinajstić information content (AvgIpc) is 2.43. The van der Waals surface area contributed by atoms with E-state index < -0.39 is 5.60 Å². The fourth-order valence-electron chi connectivity index (χ4n) is 2.20. The highest BCUT2D eigenvalue weighted by atomic mass is 35.5. The lowest BCUT2D eigenvalue weighted by molar-refractivity contribution is 0.0337. The highest BCUT2D eigenvalue weighted by Gasteiger charge is 2.29. The maximum atomic E-state index is 10.9. The summed E-state index contributed by atoms with van der Waals surface area (Å²) in [5.41, 5.74) is 0.824. The lowest BCUT2D eigenvalue weighted by atomic mass is 9.85. The normalized spacial score (nSPS) is 14.1. The predicted octanol–water partition coefficient (Wildman–Crippen LogP) is 4.40. The van der Waals surface area contributed by atoms with Crippen molar-refractivity contribution in [3.63, 3.8) is 0 Å². The molecule has 0 aliphatic heterocycles. The zero-order chi connectivity index (χ0) is 13.7. The molecule has 3 heteroatoms. The molecule has 19 heavy (non-hydrogen) atoms. The fourth-order valence-corrected chi connectivity index (χ4v) is 2.71. The highest BCUT2D eigenvalue weighted by molar-refractivity contribution is 6.31. The van der Waals surface area contributed by atoms with Crippen molar-refractivity contribution in [3.05, 3.63) is 70.7 Å². The van der Waals surface area contributed by atoms with Crippen LogP contribution in [0.2, 0.25) is 5.02 Å². The Hall–Kier alpha value is -1.02. The lowest BCUT2D eigenvalue weighted by Gasteiger charge is -2.28. The summed E-state index contributed by atoms with van der Waals surface area (Å²) < 4.78 is 0. The first kappa shape index (κ1) is 14.4. The molecule has 2 rings (SSSR count). The van der Waals surface area contributed by atoms with Crippen LogP contribution >= 0.6 is 23.2 Å². The summed E-state index contributed by atoms with van der Waals surface area (Å²) in [5.74, 6) is 0.399. The number of benzene rings is 2. The van der Waals surface area contributed by atoms with Gasteiger partial charge in [-0.25, -0.2) is 0 Å². The molecular weight excluding hydrogens is 279 g/mol. The van der Waals surface area contributed by atoms with Crippen molar-refractivity contribution in [2.75, 3.05) is 5.88 Å². The molecule has 0 bridgehead atoms. The first-order valence-electron chi connectivity index (χ1n) is 6.23. The maximum absolute atomic E-state index is 10.9. The van der Waals surface area contributed by atoms with Gasteiger partial charge in [0.25, 0.3) is 0 Å². The van der Waals surface area contributed by atoms with Crippen molar-refractivity contribution < 1.29 is 5.11 Å². The Kier molecular flexibility index (Phi) is 4.87. The number of rotatable bonds is 5. The molecule has 0 aliphatic rings. The number of halogens is 2. The maximum Gasteiger partial charge on any atom is 0.0948 e. The minimum absolute atomic E-state index is 0.399. The van der Waals surface area contributed by atoms with Gasteiger partial charge in [0.2, 0.25) is 0 Å². The zero-order valence-corrected chi connectivity index (χ0v) is 12.0. The van der Waals surface area contributed by atoms with E-state index in [1.807, 2.05) is 54.6 Å². The van der Waals surface area contributed by atoms with E-state index >= 15 is 0 Å². The number of hydrogen-bond acceptors (Lipinski definition) is 1. The van der Waals surface area contributed by atoms with Crippen molar-refractivity contribution >= 4 is 23.2 Å². The van der Waals surface area contributed by atoms with Crippen LogP contribution in [0.3, 0.4) is 0 Å².